The van der Waals surface area contributed by atoms with E-state index in [4.69, 9.17) is 5.26 Å². The van der Waals surface area contributed by atoms with Crippen LogP contribution in [0.5, 0.6) is 0 Å². The van der Waals surface area contributed by atoms with Crippen LogP contribution in [0.25, 0.3) is 0 Å². The summed E-state index contributed by atoms with van der Waals surface area (Å²) < 4.78 is 0. The third-order valence-corrected chi connectivity index (χ3v) is 3.56. The number of nitriles is 1. The second kappa shape index (κ2) is 7.04. The Morgan fingerprint density at radius 3 is 3.15 bits per heavy atom. The second-order valence-electron chi connectivity index (χ2n) is 5.16. The molecule has 5 nitrogen and oxygen atoms in total. The van der Waals surface area contributed by atoms with E-state index in [2.05, 4.69) is 21.6 Å². The van der Waals surface area contributed by atoms with Gasteiger partial charge in [0.2, 0.25) is 5.91 Å². The number of hydrogen-bond donors (Lipinski definition) is 2. The monoisotopic (exact) mass is 272 g/mol. The molecular weight excluding hydrogens is 252 g/mol. The summed E-state index contributed by atoms with van der Waals surface area (Å²) in [6.07, 6.45) is 2.28. The van der Waals surface area contributed by atoms with Gasteiger partial charge in [-0.15, -0.1) is 0 Å². The maximum Gasteiger partial charge on any atom is 0.238 e. The molecule has 0 bridgehead atoms. The number of carbonyl (C=O) groups excluding carboxylic acids is 1. The van der Waals surface area contributed by atoms with Gasteiger partial charge in [0, 0.05) is 18.3 Å². The Kier molecular flexibility index (Phi) is 5.10. The fraction of sp³-hybridized carbons (Fsp3) is 0.467. The lowest BCUT2D eigenvalue weighted by molar-refractivity contribution is -0.117. The number of hydrogen-bond acceptors (Lipinski definition) is 4. The van der Waals surface area contributed by atoms with Crippen molar-refractivity contribution in [2.45, 2.75) is 18.9 Å². The van der Waals surface area contributed by atoms with Crippen LogP contribution in [-0.2, 0) is 4.79 Å². The molecule has 1 amide bonds. The van der Waals surface area contributed by atoms with Crippen LogP contribution < -0.4 is 10.6 Å². The Morgan fingerprint density at radius 2 is 2.45 bits per heavy atom. The van der Waals surface area contributed by atoms with Crippen molar-refractivity contribution in [2.24, 2.45) is 0 Å². The highest BCUT2D eigenvalue weighted by molar-refractivity contribution is 5.92. The fourth-order valence-corrected chi connectivity index (χ4v) is 2.43. The largest absolute Gasteiger partial charge is 0.325 e. The standard InChI is InChI=1S/C15H20N4O/c1-19(14-6-3-7-17-10-14)11-15(20)18-13-5-2-4-12(8-13)9-16/h2,4-5,8,14,17H,3,6-7,10-11H2,1H3,(H,18,20). The number of anilines is 1. The molecule has 1 heterocycles. The molecule has 2 N–H and O–H groups in total. The number of amides is 1. The molecule has 20 heavy (non-hydrogen) atoms. The van der Waals surface area contributed by atoms with Gasteiger partial charge >= 0.3 is 0 Å². The minimum absolute atomic E-state index is 0.0480. The first kappa shape index (κ1) is 14.5. The van der Waals surface area contributed by atoms with Gasteiger partial charge in [0.1, 0.15) is 0 Å². The molecule has 0 aliphatic carbocycles. The minimum atomic E-state index is -0.0480. The first-order valence-electron chi connectivity index (χ1n) is 6.90. The Morgan fingerprint density at radius 1 is 1.60 bits per heavy atom. The highest BCUT2D eigenvalue weighted by Crippen LogP contribution is 2.11. The van der Waals surface area contributed by atoms with Crippen LogP contribution in [0.4, 0.5) is 5.69 Å². The number of likely N-dealkylation sites (N-methyl/N-ethyl adjacent to an activating group) is 1. The lowest BCUT2D eigenvalue weighted by Gasteiger charge is -2.31. The number of carbonyl (C=O) groups is 1. The zero-order valence-electron chi connectivity index (χ0n) is 11.7. The third kappa shape index (κ3) is 4.05. The van der Waals surface area contributed by atoms with E-state index in [0.717, 1.165) is 25.9 Å². The summed E-state index contributed by atoms with van der Waals surface area (Å²) in [5.74, 6) is -0.0480. The summed E-state index contributed by atoms with van der Waals surface area (Å²) in [4.78, 5) is 14.1. The lowest BCUT2D eigenvalue weighted by Crippen LogP contribution is -2.46. The van der Waals surface area contributed by atoms with E-state index < -0.39 is 0 Å². The summed E-state index contributed by atoms with van der Waals surface area (Å²) in [5.41, 5.74) is 1.22. The van der Waals surface area contributed by atoms with Gasteiger partial charge in [-0.25, -0.2) is 0 Å². The van der Waals surface area contributed by atoms with Gasteiger partial charge in [0.05, 0.1) is 18.2 Å². The Hall–Kier alpha value is -1.90. The van der Waals surface area contributed by atoms with Gasteiger partial charge in [0.25, 0.3) is 0 Å². The van der Waals surface area contributed by atoms with Gasteiger partial charge in [-0.3, -0.25) is 9.69 Å². The van der Waals surface area contributed by atoms with Crippen LogP contribution >= 0.6 is 0 Å². The van der Waals surface area contributed by atoms with E-state index in [0.29, 0.717) is 23.8 Å². The molecule has 1 aliphatic heterocycles. The van der Waals surface area contributed by atoms with E-state index in [1.807, 2.05) is 7.05 Å². The third-order valence-electron chi connectivity index (χ3n) is 3.56. The van der Waals surface area contributed by atoms with Crippen LogP contribution in [0.2, 0.25) is 0 Å². The molecule has 0 saturated carbocycles. The van der Waals surface area contributed by atoms with E-state index >= 15 is 0 Å². The van der Waals surface area contributed by atoms with Crippen molar-refractivity contribution in [1.29, 1.82) is 5.26 Å². The average molecular weight is 272 g/mol. The van der Waals surface area contributed by atoms with Gasteiger partial charge in [-0.2, -0.15) is 5.26 Å². The maximum absolute atomic E-state index is 12.0. The van der Waals surface area contributed by atoms with E-state index in [9.17, 15) is 4.79 Å². The molecule has 1 aliphatic rings. The van der Waals surface area contributed by atoms with E-state index in [1.165, 1.54) is 0 Å². The molecule has 0 radical (unpaired) electrons. The molecule has 1 aromatic carbocycles. The zero-order valence-corrected chi connectivity index (χ0v) is 11.7. The van der Waals surface area contributed by atoms with Gasteiger partial charge in [-0.05, 0) is 44.6 Å². The van der Waals surface area contributed by atoms with Crippen molar-refractivity contribution < 1.29 is 4.79 Å². The molecule has 1 atom stereocenters. The first-order valence-corrected chi connectivity index (χ1v) is 6.90. The quantitative estimate of drug-likeness (QED) is 0.863. The van der Waals surface area contributed by atoms with Crippen molar-refractivity contribution >= 4 is 11.6 Å². The van der Waals surface area contributed by atoms with Crippen LogP contribution in [0.3, 0.4) is 0 Å². The first-order chi connectivity index (χ1) is 9.69. The molecule has 0 spiro atoms. The number of nitrogens with zero attached hydrogens (tertiary/aromatic N) is 2. The van der Waals surface area contributed by atoms with Crippen molar-refractivity contribution in [3.8, 4) is 6.07 Å². The number of benzene rings is 1. The summed E-state index contributed by atoms with van der Waals surface area (Å²) in [6.45, 7) is 2.37. The van der Waals surface area contributed by atoms with Crippen LogP contribution in [0.15, 0.2) is 24.3 Å². The van der Waals surface area contributed by atoms with Crippen molar-refractivity contribution in [3.63, 3.8) is 0 Å². The summed E-state index contributed by atoms with van der Waals surface area (Å²) >= 11 is 0. The Bertz CT molecular complexity index is 503. The van der Waals surface area contributed by atoms with Crippen molar-refractivity contribution in [2.75, 3.05) is 32.0 Å². The smallest absolute Gasteiger partial charge is 0.238 e. The van der Waals surface area contributed by atoms with E-state index in [1.54, 1.807) is 24.3 Å². The summed E-state index contributed by atoms with van der Waals surface area (Å²) in [7, 11) is 1.98. The summed E-state index contributed by atoms with van der Waals surface area (Å²) in [6, 6.07) is 9.44. The number of nitrogens with one attached hydrogen (secondary N) is 2. The Balaban J connectivity index is 1.86. The zero-order chi connectivity index (χ0) is 14.4. The molecule has 2 rings (SSSR count). The number of piperidine rings is 1. The fourth-order valence-electron chi connectivity index (χ4n) is 2.43. The highest BCUT2D eigenvalue weighted by atomic mass is 16.2. The molecule has 1 saturated heterocycles. The van der Waals surface area contributed by atoms with Crippen LogP contribution in [-0.4, -0.2) is 43.5 Å². The predicted molar refractivity (Wildman–Crippen MR) is 78.3 cm³/mol. The highest BCUT2D eigenvalue weighted by Gasteiger charge is 2.19. The van der Waals surface area contributed by atoms with Crippen molar-refractivity contribution in [1.82, 2.24) is 10.2 Å². The molecule has 0 aromatic heterocycles. The van der Waals surface area contributed by atoms with Gasteiger partial charge in [-0.1, -0.05) is 6.07 Å². The minimum Gasteiger partial charge on any atom is -0.325 e. The maximum atomic E-state index is 12.0. The molecular formula is C15H20N4O. The second-order valence-corrected chi connectivity index (χ2v) is 5.16. The molecule has 1 fully saturated rings. The molecule has 1 unspecified atom stereocenters. The van der Waals surface area contributed by atoms with Gasteiger partial charge in [0.15, 0.2) is 0 Å². The normalized spacial score (nSPS) is 18.6. The SMILES string of the molecule is CN(CC(=O)Nc1cccc(C#N)c1)C1CCCNC1. The van der Waals surface area contributed by atoms with Gasteiger partial charge < -0.3 is 10.6 Å². The van der Waals surface area contributed by atoms with Crippen LogP contribution in [0.1, 0.15) is 18.4 Å². The average Bonchev–Trinajstić information content (AvgIpc) is 2.48. The lowest BCUT2D eigenvalue weighted by atomic mass is 10.1. The van der Waals surface area contributed by atoms with Crippen LogP contribution in [0, 0.1) is 11.3 Å². The summed E-state index contributed by atoms with van der Waals surface area (Å²) in [5, 5.41) is 15.0. The number of rotatable bonds is 4. The predicted octanol–water partition coefficient (Wildman–Crippen LogP) is 1.18. The topological polar surface area (TPSA) is 68.2 Å². The van der Waals surface area contributed by atoms with E-state index in [-0.39, 0.29) is 5.91 Å². The molecule has 5 heteroatoms. The Labute approximate surface area is 119 Å². The molecule has 106 valence electrons. The van der Waals surface area contributed by atoms with Crippen molar-refractivity contribution in [3.05, 3.63) is 29.8 Å². The molecule has 1 aromatic rings.